The van der Waals surface area contributed by atoms with Gasteiger partial charge in [0, 0.05) is 4.98 Å². The summed E-state index contributed by atoms with van der Waals surface area (Å²) in [6.07, 6.45) is -5.16. The number of nitrogens with zero attached hydrogens (tertiary/aromatic N) is 2. The Kier molecular flexibility index (Phi) is 4.32. The number of carbonyl (C=O) groups excluding carboxylic acids is 1. The van der Waals surface area contributed by atoms with E-state index in [4.69, 9.17) is 0 Å². The van der Waals surface area contributed by atoms with Crippen LogP contribution in [0.1, 0.15) is 10.4 Å². The number of carbonyl (C=O) groups is 1. The lowest BCUT2D eigenvalue weighted by molar-refractivity contribution is -0.390. The van der Waals surface area contributed by atoms with Crippen LogP contribution in [-0.4, -0.2) is 36.5 Å². The molecule has 110 valence electrons. The van der Waals surface area contributed by atoms with Crippen molar-refractivity contribution in [3.8, 4) is 11.6 Å². The maximum atomic E-state index is 12.2. The second-order valence-corrected chi connectivity index (χ2v) is 3.16. The molecule has 20 heavy (non-hydrogen) atoms. The number of halogens is 3. The molecule has 0 aliphatic carbocycles. The SMILES string of the molecule is COC(=O)c1cc([N+](=O)[O-])nc(OC(F)(F)F)c1OC. The fourth-order valence-electron chi connectivity index (χ4n) is 1.23. The van der Waals surface area contributed by atoms with E-state index in [9.17, 15) is 28.1 Å². The standard InChI is InChI=1S/C9H7F3N2O6/c1-18-6-4(8(15)19-2)3-5(14(16)17)13-7(6)20-9(10,11)12/h3H,1-2H3. The van der Waals surface area contributed by atoms with Crippen molar-refractivity contribution in [2.45, 2.75) is 6.36 Å². The molecule has 0 saturated heterocycles. The summed E-state index contributed by atoms with van der Waals surface area (Å²) in [5, 5.41) is 10.6. The number of esters is 1. The molecule has 0 fully saturated rings. The first-order valence-corrected chi connectivity index (χ1v) is 4.77. The van der Waals surface area contributed by atoms with Crippen LogP contribution in [0.3, 0.4) is 0 Å². The van der Waals surface area contributed by atoms with Gasteiger partial charge in [0.25, 0.3) is 0 Å². The highest BCUT2D eigenvalue weighted by Crippen LogP contribution is 2.35. The number of hydrogen-bond donors (Lipinski definition) is 0. The third kappa shape index (κ3) is 3.46. The molecule has 0 unspecified atom stereocenters. The lowest BCUT2D eigenvalue weighted by Gasteiger charge is -2.10. The monoisotopic (exact) mass is 296 g/mol. The lowest BCUT2D eigenvalue weighted by atomic mass is 10.2. The van der Waals surface area contributed by atoms with Crippen molar-refractivity contribution in [3.05, 3.63) is 21.7 Å². The molecule has 0 saturated carbocycles. The summed E-state index contributed by atoms with van der Waals surface area (Å²) in [6, 6.07) is 0.619. The van der Waals surface area contributed by atoms with Crippen LogP contribution < -0.4 is 9.47 Å². The fraction of sp³-hybridized carbons (Fsp3) is 0.333. The zero-order valence-electron chi connectivity index (χ0n) is 10.1. The topological polar surface area (TPSA) is 101 Å². The number of methoxy groups -OCH3 is 2. The minimum absolute atomic E-state index is 0.615. The first-order chi connectivity index (χ1) is 9.19. The van der Waals surface area contributed by atoms with Crippen molar-refractivity contribution >= 4 is 11.8 Å². The van der Waals surface area contributed by atoms with E-state index in [1.54, 1.807) is 0 Å². The van der Waals surface area contributed by atoms with Crippen LogP contribution in [0.25, 0.3) is 0 Å². The minimum Gasteiger partial charge on any atom is -0.489 e. The number of hydrogen-bond acceptors (Lipinski definition) is 7. The van der Waals surface area contributed by atoms with Crippen molar-refractivity contribution in [2.75, 3.05) is 14.2 Å². The minimum atomic E-state index is -5.16. The van der Waals surface area contributed by atoms with Gasteiger partial charge in [0.05, 0.1) is 20.3 Å². The van der Waals surface area contributed by atoms with Gasteiger partial charge in [0.2, 0.25) is 5.75 Å². The third-order valence-electron chi connectivity index (χ3n) is 1.94. The first kappa shape index (κ1) is 15.5. The van der Waals surface area contributed by atoms with E-state index in [-0.39, 0.29) is 0 Å². The first-order valence-electron chi connectivity index (χ1n) is 4.77. The van der Waals surface area contributed by atoms with Gasteiger partial charge >= 0.3 is 24.0 Å². The van der Waals surface area contributed by atoms with Gasteiger partial charge in [-0.15, -0.1) is 13.2 Å². The molecular weight excluding hydrogens is 289 g/mol. The third-order valence-corrected chi connectivity index (χ3v) is 1.94. The normalized spacial score (nSPS) is 10.8. The molecule has 0 bridgehead atoms. The number of aromatic nitrogens is 1. The summed E-state index contributed by atoms with van der Waals surface area (Å²) in [6.45, 7) is 0. The molecular formula is C9H7F3N2O6. The summed E-state index contributed by atoms with van der Waals surface area (Å²) in [7, 11) is 1.89. The Morgan fingerprint density at radius 1 is 1.40 bits per heavy atom. The van der Waals surface area contributed by atoms with Crippen LogP contribution in [0.5, 0.6) is 11.6 Å². The Labute approximate surface area is 109 Å². The van der Waals surface area contributed by atoms with Crippen molar-refractivity contribution < 1.29 is 37.1 Å². The predicted molar refractivity (Wildman–Crippen MR) is 55.5 cm³/mol. The molecule has 0 atom stereocenters. The number of pyridine rings is 1. The van der Waals surface area contributed by atoms with E-state index in [1.165, 1.54) is 0 Å². The Morgan fingerprint density at radius 3 is 2.40 bits per heavy atom. The van der Waals surface area contributed by atoms with Crippen LogP contribution in [-0.2, 0) is 4.74 Å². The second kappa shape index (κ2) is 5.59. The maximum Gasteiger partial charge on any atom is 0.575 e. The van der Waals surface area contributed by atoms with E-state index in [0.29, 0.717) is 6.07 Å². The highest BCUT2D eigenvalue weighted by Gasteiger charge is 2.38. The van der Waals surface area contributed by atoms with Gasteiger partial charge in [-0.3, -0.25) is 0 Å². The fourth-order valence-corrected chi connectivity index (χ4v) is 1.23. The van der Waals surface area contributed by atoms with E-state index < -0.39 is 40.3 Å². The molecule has 0 spiro atoms. The van der Waals surface area contributed by atoms with Crippen LogP contribution in [0.15, 0.2) is 6.07 Å². The molecule has 11 heteroatoms. The molecule has 1 aromatic rings. The summed E-state index contributed by atoms with van der Waals surface area (Å²) >= 11 is 0. The number of alkyl halides is 3. The molecule has 0 N–H and O–H groups in total. The molecule has 0 aromatic carbocycles. The number of ether oxygens (including phenoxy) is 3. The molecule has 8 nitrogen and oxygen atoms in total. The van der Waals surface area contributed by atoms with Crippen molar-refractivity contribution in [1.82, 2.24) is 4.98 Å². The van der Waals surface area contributed by atoms with Crippen molar-refractivity contribution in [3.63, 3.8) is 0 Å². The van der Waals surface area contributed by atoms with E-state index in [1.807, 2.05) is 0 Å². The zero-order valence-corrected chi connectivity index (χ0v) is 10.1. The number of rotatable bonds is 4. The van der Waals surface area contributed by atoms with E-state index >= 15 is 0 Å². The molecule has 1 rings (SSSR count). The van der Waals surface area contributed by atoms with Crippen LogP contribution in [0.4, 0.5) is 19.0 Å². The summed E-state index contributed by atoms with van der Waals surface area (Å²) < 4.78 is 49.0. The maximum absolute atomic E-state index is 12.2. The van der Waals surface area contributed by atoms with Gasteiger partial charge in [-0.1, -0.05) is 0 Å². The highest BCUT2D eigenvalue weighted by atomic mass is 19.4. The predicted octanol–water partition coefficient (Wildman–Crippen LogP) is 1.68. The van der Waals surface area contributed by atoms with Crippen molar-refractivity contribution in [1.29, 1.82) is 0 Å². The smallest absolute Gasteiger partial charge is 0.489 e. The van der Waals surface area contributed by atoms with Gasteiger partial charge in [0.15, 0.2) is 0 Å². The Bertz CT molecular complexity index is 545. The van der Waals surface area contributed by atoms with Gasteiger partial charge in [0.1, 0.15) is 5.56 Å². The van der Waals surface area contributed by atoms with Crippen LogP contribution in [0, 0.1) is 10.1 Å². The summed E-state index contributed by atoms with van der Waals surface area (Å²) in [4.78, 5) is 23.9. The zero-order chi connectivity index (χ0) is 15.5. The molecule has 0 radical (unpaired) electrons. The van der Waals surface area contributed by atoms with Gasteiger partial charge < -0.3 is 24.3 Å². The molecule has 1 heterocycles. The molecule has 0 aliphatic heterocycles. The van der Waals surface area contributed by atoms with Gasteiger partial charge in [-0.25, -0.2) is 4.79 Å². The van der Waals surface area contributed by atoms with Crippen LogP contribution in [0.2, 0.25) is 0 Å². The molecule has 0 aliphatic rings. The Balaban J connectivity index is 3.50. The van der Waals surface area contributed by atoms with Crippen molar-refractivity contribution in [2.24, 2.45) is 0 Å². The van der Waals surface area contributed by atoms with Crippen LogP contribution >= 0.6 is 0 Å². The lowest BCUT2D eigenvalue weighted by Crippen LogP contribution is -2.20. The summed E-state index contributed by atoms with van der Waals surface area (Å²) in [5.74, 6) is -4.14. The Morgan fingerprint density at radius 2 is 2.00 bits per heavy atom. The van der Waals surface area contributed by atoms with E-state index in [2.05, 4.69) is 19.2 Å². The largest absolute Gasteiger partial charge is 0.575 e. The average Bonchev–Trinajstić information content (AvgIpc) is 2.34. The Hall–Kier alpha value is -2.59. The quantitative estimate of drug-likeness (QED) is 0.473. The van der Waals surface area contributed by atoms with Gasteiger partial charge in [-0.05, 0) is 4.92 Å². The highest BCUT2D eigenvalue weighted by molar-refractivity contribution is 5.93. The molecule has 1 aromatic heterocycles. The van der Waals surface area contributed by atoms with Gasteiger partial charge in [-0.2, -0.15) is 0 Å². The average molecular weight is 296 g/mol. The molecule has 0 amide bonds. The second-order valence-electron chi connectivity index (χ2n) is 3.16. The summed E-state index contributed by atoms with van der Waals surface area (Å²) in [5.41, 5.74) is -0.615. The van der Waals surface area contributed by atoms with E-state index in [0.717, 1.165) is 14.2 Å². The number of nitro groups is 1.